The number of rotatable bonds is 8. The molecule has 2 heterocycles. The molecule has 1 aromatic heterocycles. The fraction of sp³-hybridized carbons (Fsp3) is 0.370. The number of amides is 2. The molecule has 0 radical (unpaired) electrons. The van der Waals surface area contributed by atoms with Crippen molar-refractivity contribution in [3.05, 3.63) is 82.7 Å². The van der Waals surface area contributed by atoms with E-state index >= 15 is 0 Å². The van der Waals surface area contributed by atoms with Gasteiger partial charge in [0.05, 0.1) is 12.3 Å². The smallest absolute Gasteiger partial charge is 0.292 e. The number of halogens is 1. The fourth-order valence-electron chi connectivity index (χ4n) is 4.51. The summed E-state index contributed by atoms with van der Waals surface area (Å²) in [5, 5.41) is 4.42. The highest BCUT2D eigenvalue weighted by Gasteiger charge is 2.41. The minimum Gasteiger partial charge on any atom is -0.493 e. The quantitative estimate of drug-likeness (QED) is 0.440. The lowest BCUT2D eigenvalue weighted by molar-refractivity contribution is -0.134. The highest BCUT2D eigenvalue weighted by molar-refractivity contribution is 6.30. The van der Waals surface area contributed by atoms with Crippen molar-refractivity contribution >= 4 is 23.4 Å². The summed E-state index contributed by atoms with van der Waals surface area (Å²) in [4.78, 5) is 30.0. The normalized spacial score (nSPS) is 17.7. The van der Waals surface area contributed by atoms with E-state index in [9.17, 15) is 9.59 Å². The zero-order chi connectivity index (χ0) is 24.8. The fourth-order valence-corrected chi connectivity index (χ4v) is 4.69. The second-order valence-electron chi connectivity index (χ2n) is 9.32. The van der Waals surface area contributed by atoms with E-state index in [0.717, 1.165) is 18.4 Å². The molecule has 7 nitrogen and oxygen atoms in total. The monoisotopic (exact) mass is 495 g/mol. The summed E-state index contributed by atoms with van der Waals surface area (Å²) in [5.41, 5.74) is 1.17. The molecule has 1 aliphatic rings. The van der Waals surface area contributed by atoms with Gasteiger partial charge < -0.3 is 19.1 Å². The van der Waals surface area contributed by atoms with Gasteiger partial charge in [-0.2, -0.15) is 0 Å². The number of aryl methyl sites for hydroxylation is 1. The van der Waals surface area contributed by atoms with Gasteiger partial charge in [-0.3, -0.25) is 9.59 Å². The van der Waals surface area contributed by atoms with E-state index in [-0.39, 0.29) is 30.6 Å². The van der Waals surface area contributed by atoms with E-state index in [1.807, 2.05) is 49.5 Å². The van der Waals surface area contributed by atoms with E-state index in [4.69, 9.17) is 20.9 Å². The molecule has 184 valence electrons. The number of carbonyl (C=O) groups is 2. The van der Waals surface area contributed by atoms with Gasteiger partial charge in [-0.15, -0.1) is 0 Å². The van der Waals surface area contributed by atoms with E-state index in [0.29, 0.717) is 36.1 Å². The number of hydrogen-bond acceptors (Lipinski definition) is 5. The number of benzene rings is 2. The van der Waals surface area contributed by atoms with Gasteiger partial charge in [0.2, 0.25) is 11.7 Å². The Bertz CT molecular complexity index is 1170. The Morgan fingerprint density at radius 1 is 1.17 bits per heavy atom. The molecular formula is C27H30ClN3O4. The number of likely N-dealkylation sites (tertiary alicyclic amines) is 1. The van der Waals surface area contributed by atoms with Crippen molar-refractivity contribution in [2.45, 2.75) is 32.7 Å². The van der Waals surface area contributed by atoms with Crippen LogP contribution in [0.4, 0.5) is 0 Å². The molecule has 2 amide bonds. The molecule has 1 aliphatic heterocycles. The van der Waals surface area contributed by atoms with Gasteiger partial charge in [-0.05, 0) is 43.5 Å². The first-order chi connectivity index (χ1) is 16.8. The molecule has 0 saturated carbocycles. The molecule has 0 spiro atoms. The average Bonchev–Trinajstić information content (AvgIpc) is 3.29. The first kappa shape index (κ1) is 24.8. The molecule has 1 atom stereocenters. The highest BCUT2D eigenvalue weighted by Crippen LogP contribution is 2.36. The lowest BCUT2D eigenvalue weighted by Crippen LogP contribution is -2.50. The van der Waals surface area contributed by atoms with Crippen molar-refractivity contribution in [2.24, 2.45) is 5.41 Å². The molecule has 3 aromatic rings. The Morgan fingerprint density at radius 2 is 1.97 bits per heavy atom. The second kappa shape index (κ2) is 11.0. The average molecular weight is 496 g/mol. The first-order valence-electron chi connectivity index (χ1n) is 11.7. The van der Waals surface area contributed by atoms with E-state index < -0.39 is 5.41 Å². The molecule has 4 rings (SSSR count). The summed E-state index contributed by atoms with van der Waals surface area (Å²) in [6.07, 6.45) is 1.78. The van der Waals surface area contributed by atoms with Crippen molar-refractivity contribution in [3.8, 4) is 5.75 Å². The summed E-state index contributed by atoms with van der Waals surface area (Å²) in [6, 6.07) is 18.7. The minimum atomic E-state index is -0.548. The third kappa shape index (κ3) is 6.42. The van der Waals surface area contributed by atoms with Crippen LogP contribution >= 0.6 is 11.6 Å². The Labute approximate surface area is 210 Å². The summed E-state index contributed by atoms with van der Waals surface area (Å²) in [7, 11) is 1.81. The second-order valence-corrected chi connectivity index (χ2v) is 9.76. The van der Waals surface area contributed by atoms with Gasteiger partial charge in [0.1, 0.15) is 5.75 Å². The predicted molar refractivity (Wildman–Crippen MR) is 133 cm³/mol. The van der Waals surface area contributed by atoms with Crippen LogP contribution in [0.2, 0.25) is 5.02 Å². The van der Waals surface area contributed by atoms with Crippen molar-refractivity contribution in [1.82, 2.24) is 15.0 Å². The van der Waals surface area contributed by atoms with Gasteiger partial charge in [-0.1, -0.05) is 53.2 Å². The number of carbonyl (C=O) groups excluding carboxylic acids is 2. The van der Waals surface area contributed by atoms with E-state index in [1.165, 1.54) is 0 Å². The van der Waals surface area contributed by atoms with Gasteiger partial charge in [-0.25, -0.2) is 0 Å². The van der Waals surface area contributed by atoms with Crippen LogP contribution in [0.1, 0.15) is 41.1 Å². The van der Waals surface area contributed by atoms with Crippen LogP contribution in [0.5, 0.6) is 5.75 Å². The third-order valence-electron chi connectivity index (χ3n) is 6.34. The van der Waals surface area contributed by atoms with Crippen LogP contribution in [-0.2, 0) is 11.3 Å². The topological polar surface area (TPSA) is 75.9 Å². The number of hydrogen-bond donors (Lipinski definition) is 0. The highest BCUT2D eigenvalue weighted by atomic mass is 35.5. The van der Waals surface area contributed by atoms with Crippen LogP contribution in [0.25, 0.3) is 0 Å². The minimum absolute atomic E-state index is 0.00774. The summed E-state index contributed by atoms with van der Waals surface area (Å²) < 4.78 is 11.4. The van der Waals surface area contributed by atoms with Gasteiger partial charge in [0.15, 0.2) is 0 Å². The standard InChI is InChI=1S/C27H30ClN3O4/c1-20-14-24(35-29-20)26(33)31-13-7-12-27(18-31,19-34-23-11-6-10-22(28)15-23)16-25(32)30(2)17-21-8-4-3-5-9-21/h3-6,8-11,14-15H,7,12-13,16-19H2,1-2H3/t27-/m0/s1. The predicted octanol–water partition coefficient (Wildman–Crippen LogP) is 4.99. The Morgan fingerprint density at radius 3 is 2.69 bits per heavy atom. The van der Waals surface area contributed by atoms with Crippen LogP contribution in [0.3, 0.4) is 0 Å². The third-order valence-corrected chi connectivity index (χ3v) is 6.58. The molecule has 35 heavy (non-hydrogen) atoms. The molecule has 0 unspecified atom stereocenters. The zero-order valence-corrected chi connectivity index (χ0v) is 20.8. The molecule has 0 aliphatic carbocycles. The molecule has 0 N–H and O–H groups in total. The van der Waals surface area contributed by atoms with Gasteiger partial charge in [0, 0.05) is 49.6 Å². The molecule has 2 aromatic carbocycles. The Balaban J connectivity index is 1.52. The van der Waals surface area contributed by atoms with Crippen LogP contribution in [0, 0.1) is 12.3 Å². The maximum Gasteiger partial charge on any atom is 0.292 e. The van der Waals surface area contributed by atoms with Crippen molar-refractivity contribution in [2.75, 3.05) is 26.7 Å². The molecule has 1 fully saturated rings. The SMILES string of the molecule is Cc1cc(C(=O)N2CCC[C@](COc3cccc(Cl)c3)(CC(=O)N(C)Cc3ccccc3)C2)on1. The number of ether oxygens (including phenoxy) is 1. The lowest BCUT2D eigenvalue weighted by atomic mass is 9.77. The summed E-state index contributed by atoms with van der Waals surface area (Å²) in [6.45, 7) is 3.56. The van der Waals surface area contributed by atoms with Crippen molar-refractivity contribution in [3.63, 3.8) is 0 Å². The molecule has 8 heteroatoms. The van der Waals surface area contributed by atoms with Crippen LogP contribution < -0.4 is 4.74 Å². The number of piperidine rings is 1. The van der Waals surface area contributed by atoms with Gasteiger partial charge >= 0.3 is 0 Å². The summed E-state index contributed by atoms with van der Waals surface area (Å²) in [5.74, 6) is 0.633. The van der Waals surface area contributed by atoms with Gasteiger partial charge in [0.25, 0.3) is 5.91 Å². The van der Waals surface area contributed by atoms with Crippen LogP contribution in [-0.4, -0.2) is 53.5 Å². The zero-order valence-electron chi connectivity index (χ0n) is 20.1. The number of nitrogens with zero attached hydrogens (tertiary/aromatic N) is 3. The largest absolute Gasteiger partial charge is 0.493 e. The molecule has 0 bridgehead atoms. The molecular weight excluding hydrogens is 466 g/mol. The lowest BCUT2D eigenvalue weighted by Gasteiger charge is -2.42. The maximum atomic E-state index is 13.4. The Hall–Kier alpha value is -3.32. The van der Waals surface area contributed by atoms with E-state index in [2.05, 4.69) is 5.16 Å². The Kier molecular flexibility index (Phi) is 7.76. The number of aromatic nitrogens is 1. The van der Waals surface area contributed by atoms with Crippen molar-refractivity contribution < 1.29 is 18.8 Å². The van der Waals surface area contributed by atoms with E-state index in [1.54, 1.807) is 34.9 Å². The molecule has 1 saturated heterocycles. The van der Waals surface area contributed by atoms with Crippen molar-refractivity contribution in [1.29, 1.82) is 0 Å². The maximum absolute atomic E-state index is 13.4. The van der Waals surface area contributed by atoms with Crippen LogP contribution in [0.15, 0.2) is 65.2 Å². The first-order valence-corrected chi connectivity index (χ1v) is 12.1. The summed E-state index contributed by atoms with van der Waals surface area (Å²) >= 11 is 6.13.